The maximum Gasteiger partial charge on any atom is 0.323 e. The average molecular weight is 236 g/mol. The summed E-state index contributed by atoms with van der Waals surface area (Å²) >= 11 is 0. The first-order valence-corrected chi connectivity index (χ1v) is 5.71. The highest BCUT2D eigenvalue weighted by Gasteiger charge is 2.42. The van der Waals surface area contributed by atoms with Crippen molar-refractivity contribution in [1.82, 2.24) is 0 Å². The highest BCUT2D eigenvalue weighted by molar-refractivity contribution is 5.83. The molecule has 0 aromatic heterocycles. The quantitative estimate of drug-likeness (QED) is 0.556. The molecule has 3 nitrogen and oxygen atoms in total. The van der Waals surface area contributed by atoms with Gasteiger partial charge in [0.25, 0.3) is 0 Å². The van der Waals surface area contributed by atoms with Crippen molar-refractivity contribution in [2.24, 2.45) is 5.41 Å². The Morgan fingerprint density at radius 1 is 1.47 bits per heavy atom. The van der Waals surface area contributed by atoms with Gasteiger partial charge in [0.15, 0.2) is 0 Å². The number of hydrogen-bond acceptors (Lipinski definition) is 3. The Balaban J connectivity index is 3.12. The van der Waals surface area contributed by atoms with Crippen LogP contribution in [0.5, 0.6) is 0 Å². The first kappa shape index (κ1) is 13.6. The highest BCUT2D eigenvalue weighted by Crippen LogP contribution is 2.38. The van der Waals surface area contributed by atoms with Crippen LogP contribution in [-0.4, -0.2) is 20.2 Å². The molecule has 0 radical (unpaired) electrons. The van der Waals surface area contributed by atoms with Gasteiger partial charge in [-0.05, 0) is 32.8 Å². The molecule has 1 aliphatic carbocycles. The number of hydrogen-bond donors (Lipinski definition) is 0. The Bertz CT molecular complexity index is 373. The van der Waals surface area contributed by atoms with Crippen LogP contribution in [0, 0.1) is 5.41 Å². The summed E-state index contributed by atoms with van der Waals surface area (Å²) in [6.07, 6.45) is 9.17. The molecule has 1 unspecified atom stereocenters. The molecule has 0 aromatic rings. The van der Waals surface area contributed by atoms with Gasteiger partial charge >= 0.3 is 5.97 Å². The minimum Gasteiger partial charge on any atom is -0.500 e. The summed E-state index contributed by atoms with van der Waals surface area (Å²) in [6.45, 7) is 4.02. The third kappa shape index (κ3) is 2.78. The van der Waals surface area contributed by atoms with Crippen LogP contribution in [0.4, 0.5) is 0 Å². The van der Waals surface area contributed by atoms with Crippen LogP contribution in [0.3, 0.4) is 0 Å². The fraction of sp³-hybridized carbons (Fsp3) is 0.500. The first-order chi connectivity index (χ1) is 8.06. The number of rotatable bonds is 4. The molecular formula is C14H20O3. The predicted octanol–water partition coefficient (Wildman–Crippen LogP) is 2.99. The third-order valence-electron chi connectivity index (χ3n) is 2.88. The van der Waals surface area contributed by atoms with E-state index >= 15 is 0 Å². The Hall–Kier alpha value is -1.51. The number of allylic oxidation sites excluding steroid dienone is 4. The SMILES string of the molecule is COC(=O)C1(CC=C(C)C)C=CCC=C1OC. The van der Waals surface area contributed by atoms with E-state index in [1.807, 2.05) is 38.2 Å². The van der Waals surface area contributed by atoms with Gasteiger partial charge in [0, 0.05) is 0 Å². The molecule has 0 aliphatic heterocycles. The lowest BCUT2D eigenvalue weighted by Gasteiger charge is -2.30. The van der Waals surface area contributed by atoms with Crippen LogP contribution in [0.1, 0.15) is 26.7 Å². The molecule has 0 amide bonds. The normalized spacial score (nSPS) is 22.7. The maximum atomic E-state index is 12.0. The van der Waals surface area contributed by atoms with E-state index in [0.717, 1.165) is 6.42 Å². The molecule has 1 atom stereocenters. The number of esters is 1. The lowest BCUT2D eigenvalue weighted by atomic mass is 9.78. The summed E-state index contributed by atoms with van der Waals surface area (Å²) in [7, 11) is 2.99. The van der Waals surface area contributed by atoms with E-state index in [1.54, 1.807) is 7.11 Å². The predicted molar refractivity (Wildman–Crippen MR) is 67.3 cm³/mol. The van der Waals surface area contributed by atoms with Gasteiger partial charge < -0.3 is 9.47 Å². The summed E-state index contributed by atoms with van der Waals surface area (Å²) in [5, 5.41) is 0. The number of carbonyl (C=O) groups excluding carboxylic acids is 1. The average Bonchev–Trinajstić information content (AvgIpc) is 2.35. The zero-order valence-corrected chi connectivity index (χ0v) is 10.9. The summed E-state index contributed by atoms with van der Waals surface area (Å²) in [6, 6.07) is 0. The number of methoxy groups -OCH3 is 2. The molecule has 0 aromatic carbocycles. The molecule has 0 spiro atoms. The minimum absolute atomic E-state index is 0.279. The molecule has 0 heterocycles. The Kier molecular flexibility index (Phi) is 4.55. The summed E-state index contributed by atoms with van der Waals surface area (Å²) in [5.41, 5.74) is 0.377. The van der Waals surface area contributed by atoms with Crippen LogP contribution < -0.4 is 0 Å². The molecule has 0 saturated heterocycles. The highest BCUT2D eigenvalue weighted by atomic mass is 16.5. The van der Waals surface area contributed by atoms with Crippen LogP contribution in [-0.2, 0) is 14.3 Å². The van der Waals surface area contributed by atoms with Crippen molar-refractivity contribution in [2.75, 3.05) is 14.2 Å². The van der Waals surface area contributed by atoms with Crippen molar-refractivity contribution in [3.63, 3.8) is 0 Å². The summed E-state index contributed by atoms with van der Waals surface area (Å²) < 4.78 is 10.3. The molecule has 0 N–H and O–H groups in total. The lowest BCUT2D eigenvalue weighted by molar-refractivity contribution is -0.149. The van der Waals surface area contributed by atoms with Gasteiger partial charge in [-0.1, -0.05) is 23.8 Å². The Morgan fingerprint density at radius 2 is 2.18 bits per heavy atom. The van der Waals surface area contributed by atoms with E-state index in [2.05, 4.69) is 0 Å². The van der Waals surface area contributed by atoms with E-state index in [9.17, 15) is 4.79 Å². The van der Waals surface area contributed by atoms with Crippen LogP contribution >= 0.6 is 0 Å². The third-order valence-corrected chi connectivity index (χ3v) is 2.88. The van der Waals surface area contributed by atoms with Crippen molar-refractivity contribution in [1.29, 1.82) is 0 Å². The van der Waals surface area contributed by atoms with Crippen molar-refractivity contribution >= 4 is 5.97 Å². The van der Waals surface area contributed by atoms with Crippen LogP contribution in [0.15, 0.2) is 35.6 Å². The smallest absolute Gasteiger partial charge is 0.323 e. The van der Waals surface area contributed by atoms with Crippen molar-refractivity contribution < 1.29 is 14.3 Å². The second-order valence-electron chi connectivity index (χ2n) is 4.36. The Labute approximate surface area is 103 Å². The van der Waals surface area contributed by atoms with E-state index in [1.165, 1.54) is 12.7 Å². The van der Waals surface area contributed by atoms with Gasteiger partial charge in [-0.15, -0.1) is 0 Å². The molecule has 1 rings (SSSR count). The first-order valence-electron chi connectivity index (χ1n) is 5.71. The van der Waals surface area contributed by atoms with Crippen molar-refractivity contribution in [3.05, 3.63) is 35.6 Å². The van der Waals surface area contributed by atoms with Crippen LogP contribution in [0.25, 0.3) is 0 Å². The number of ether oxygens (including phenoxy) is 2. The van der Waals surface area contributed by atoms with E-state index in [0.29, 0.717) is 12.2 Å². The van der Waals surface area contributed by atoms with Gasteiger partial charge in [-0.25, -0.2) is 0 Å². The second-order valence-corrected chi connectivity index (χ2v) is 4.36. The lowest BCUT2D eigenvalue weighted by Crippen LogP contribution is -2.34. The molecule has 94 valence electrons. The van der Waals surface area contributed by atoms with Gasteiger partial charge in [-0.3, -0.25) is 4.79 Å². The van der Waals surface area contributed by atoms with Gasteiger partial charge in [0.2, 0.25) is 0 Å². The minimum atomic E-state index is -0.793. The van der Waals surface area contributed by atoms with E-state index < -0.39 is 5.41 Å². The topological polar surface area (TPSA) is 35.5 Å². The van der Waals surface area contributed by atoms with Gasteiger partial charge in [0.05, 0.1) is 14.2 Å². The van der Waals surface area contributed by atoms with Gasteiger partial charge in [-0.2, -0.15) is 0 Å². The Morgan fingerprint density at radius 3 is 2.71 bits per heavy atom. The molecule has 0 fully saturated rings. The molecule has 3 heteroatoms. The molecule has 0 saturated carbocycles. The zero-order chi connectivity index (χ0) is 12.9. The fourth-order valence-corrected chi connectivity index (χ4v) is 1.94. The van der Waals surface area contributed by atoms with E-state index in [-0.39, 0.29) is 5.97 Å². The summed E-state index contributed by atoms with van der Waals surface area (Å²) in [4.78, 5) is 12.0. The molecule has 1 aliphatic rings. The second kappa shape index (κ2) is 5.71. The number of carbonyl (C=O) groups is 1. The fourth-order valence-electron chi connectivity index (χ4n) is 1.94. The monoisotopic (exact) mass is 236 g/mol. The molecule has 0 bridgehead atoms. The molecular weight excluding hydrogens is 216 g/mol. The largest absolute Gasteiger partial charge is 0.500 e. The molecule has 17 heavy (non-hydrogen) atoms. The zero-order valence-electron chi connectivity index (χ0n) is 10.9. The van der Waals surface area contributed by atoms with Crippen molar-refractivity contribution in [2.45, 2.75) is 26.7 Å². The van der Waals surface area contributed by atoms with E-state index in [4.69, 9.17) is 9.47 Å². The van der Waals surface area contributed by atoms with Gasteiger partial charge in [0.1, 0.15) is 11.2 Å². The van der Waals surface area contributed by atoms with Crippen molar-refractivity contribution in [3.8, 4) is 0 Å². The van der Waals surface area contributed by atoms with Crippen LogP contribution in [0.2, 0.25) is 0 Å². The maximum absolute atomic E-state index is 12.0. The summed E-state index contributed by atoms with van der Waals surface area (Å²) in [5.74, 6) is 0.392. The standard InChI is InChI=1S/C14H20O3/c1-11(2)8-10-14(13(15)17-4)9-6-5-7-12(14)16-3/h6-9H,5,10H2,1-4H3.